The molecule has 0 saturated carbocycles. The topological polar surface area (TPSA) is 36.7 Å². The van der Waals surface area contributed by atoms with Crippen molar-refractivity contribution in [2.24, 2.45) is 0 Å². The van der Waals surface area contributed by atoms with Crippen molar-refractivity contribution < 1.29 is 0 Å². The standard InChI is InChI=1S/C12H6Cl2N2S/c13-9-3-1-2-4-10(9)17-12-11(14)8(7-15)5-6-16-12/h1-6H. The van der Waals surface area contributed by atoms with Crippen LogP contribution in [-0.2, 0) is 0 Å². The Labute approximate surface area is 113 Å². The Morgan fingerprint density at radius 3 is 2.65 bits per heavy atom. The molecule has 17 heavy (non-hydrogen) atoms. The first-order valence-electron chi connectivity index (χ1n) is 4.69. The Kier molecular flexibility index (Phi) is 3.90. The van der Waals surface area contributed by atoms with E-state index in [9.17, 15) is 0 Å². The minimum atomic E-state index is 0.361. The molecule has 0 aliphatic heterocycles. The second kappa shape index (κ2) is 5.42. The number of nitrogens with zero attached hydrogens (tertiary/aromatic N) is 2. The average Bonchev–Trinajstić information content (AvgIpc) is 2.34. The van der Waals surface area contributed by atoms with E-state index in [1.54, 1.807) is 18.3 Å². The Morgan fingerprint density at radius 2 is 1.94 bits per heavy atom. The van der Waals surface area contributed by atoms with Gasteiger partial charge in [-0.3, -0.25) is 0 Å². The van der Waals surface area contributed by atoms with Crippen molar-refractivity contribution in [1.29, 1.82) is 5.26 Å². The Morgan fingerprint density at radius 1 is 1.18 bits per heavy atom. The lowest BCUT2D eigenvalue weighted by Gasteiger charge is -2.05. The molecule has 1 heterocycles. The minimum absolute atomic E-state index is 0.361. The maximum absolute atomic E-state index is 8.87. The zero-order chi connectivity index (χ0) is 12.3. The summed E-state index contributed by atoms with van der Waals surface area (Å²) >= 11 is 13.4. The maximum atomic E-state index is 8.87. The predicted molar refractivity (Wildman–Crippen MR) is 69.5 cm³/mol. The molecule has 84 valence electrons. The fraction of sp³-hybridized carbons (Fsp3) is 0. The molecule has 1 aromatic heterocycles. The number of hydrogen-bond acceptors (Lipinski definition) is 3. The van der Waals surface area contributed by atoms with Gasteiger partial charge in [-0.25, -0.2) is 4.98 Å². The van der Waals surface area contributed by atoms with Crippen LogP contribution >= 0.6 is 35.0 Å². The number of halogens is 2. The van der Waals surface area contributed by atoms with E-state index in [0.29, 0.717) is 20.6 Å². The van der Waals surface area contributed by atoms with Crippen molar-refractivity contribution in [3.63, 3.8) is 0 Å². The lowest BCUT2D eigenvalue weighted by Crippen LogP contribution is -1.86. The van der Waals surface area contributed by atoms with Crippen molar-refractivity contribution in [3.05, 3.63) is 52.1 Å². The van der Waals surface area contributed by atoms with E-state index in [0.717, 1.165) is 4.90 Å². The number of benzene rings is 1. The molecule has 0 atom stereocenters. The third kappa shape index (κ3) is 2.73. The second-order valence-electron chi connectivity index (χ2n) is 3.12. The third-order valence-corrected chi connectivity index (χ3v) is 4.04. The van der Waals surface area contributed by atoms with Gasteiger partial charge in [-0.2, -0.15) is 5.26 Å². The summed E-state index contributed by atoms with van der Waals surface area (Å²) in [7, 11) is 0. The molecule has 0 aliphatic carbocycles. The highest BCUT2D eigenvalue weighted by atomic mass is 35.5. The van der Waals surface area contributed by atoms with Gasteiger partial charge in [0.15, 0.2) is 0 Å². The molecule has 0 radical (unpaired) electrons. The summed E-state index contributed by atoms with van der Waals surface area (Å²) in [6.45, 7) is 0. The zero-order valence-corrected chi connectivity index (χ0v) is 10.9. The van der Waals surface area contributed by atoms with E-state index in [1.807, 2.05) is 24.3 Å². The van der Waals surface area contributed by atoms with Crippen LogP contribution in [0.1, 0.15) is 5.56 Å². The highest BCUT2D eigenvalue weighted by Gasteiger charge is 2.10. The predicted octanol–water partition coefficient (Wildman–Crippen LogP) is 4.41. The van der Waals surface area contributed by atoms with Crippen LogP contribution in [0.5, 0.6) is 0 Å². The molecule has 0 N–H and O–H groups in total. The van der Waals surface area contributed by atoms with E-state index in [1.165, 1.54) is 11.8 Å². The average molecular weight is 281 g/mol. The molecular formula is C12H6Cl2N2S. The molecule has 0 amide bonds. The highest BCUT2D eigenvalue weighted by molar-refractivity contribution is 7.99. The van der Waals surface area contributed by atoms with Crippen LogP contribution in [0, 0.1) is 11.3 Å². The van der Waals surface area contributed by atoms with Crippen LogP contribution in [-0.4, -0.2) is 4.98 Å². The van der Waals surface area contributed by atoms with Crippen LogP contribution < -0.4 is 0 Å². The molecule has 0 unspecified atom stereocenters. The first-order chi connectivity index (χ1) is 8.22. The largest absolute Gasteiger partial charge is 0.248 e. The van der Waals surface area contributed by atoms with Crippen LogP contribution in [0.25, 0.3) is 0 Å². The summed E-state index contributed by atoms with van der Waals surface area (Å²) in [4.78, 5) is 5.00. The van der Waals surface area contributed by atoms with Gasteiger partial charge in [0.05, 0.1) is 15.6 Å². The van der Waals surface area contributed by atoms with E-state index < -0.39 is 0 Å². The van der Waals surface area contributed by atoms with Crippen LogP contribution in [0.3, 0.4) is 0 Å². The molecule has 1 aromatic carbocycles. The van der Waals surface area contributed by atoms with E-state index in [2.05, 4.69) is 4.98 Å². The SMILES string of the molecule is N#Cc1ccnc(Sc2ccccc2Cl)c1Cl. The number of nitriles is 1. The molecule has 0 aliphatic rings. The molecule has 0 bridgehead atoms. The molecule has 2 aromatic rings. The number of aromatic nitrogens is 1. The lowest BCUT2D eigenvalue weighted by molar-refractivity contribution is 1.12. The molecule has 2 nitrogen and oxygen atoms in total. The summed E-state index contributed by atoms with van der Waals surface area (Å²) in [5, 5.41) is 10.4. The van der Waals surface area contributed by atoms with Gasteiger partial charge >= 0.3 is 0 Å². The van der Waals surface area contributed by atoms with Gasteiger partial charge in [-0.1, -0.05) is 47.1 Å². The number of rotatable bonds is 2. The van der Waals surface area contributed by atoms with Gasteiger partial charge < -0.3 is 0 Å². The Hall–Kier alpha value is -1.21. The van der Waals surface area contributed by atoms with Gasteiger partial charge in [-0.05, 0) is 18.2 Å². The first-order valence-corrected chi connectivity index (χ1v) is 6.26. The number of hydrogen-bond donors (Lipinski definition) is 0. The van der Waals surface area contributed by atoms with Crippen LogP contribution in [0.15, 0.2) is 46.5 Å². The molecule has 0 fully saturated rings. The van der Waals surface area contributed by atoms with Crippen molar-refractivity contribution >= 4 is 35.0 Å². The minimum Gasteiger partial charge on any atom is -0.248 e. The lowest BCUT2D eigenvalue weighted by atomic mass is 10.3. The summed E-state index contributed by atoms with van der Waals surface area (Å²) in [6, 6.07) is 11.0. The third-order valence-electron chi connectivity index (χ3n) is 2.02. The van der Waals surface area contributed by atoms with Gasteiger partial charge in [0.2, 0.25) is 0 Å². The smallest absolute Gasteiger partial charge is 0.121 e. The number of pyridine rings is 1. The summed E-state index contributed by atoms with van der Waals surface area (Å²) in [5.74, 6) is 0. The Balaban J connectivity index is 2.38. The van der Waals surface area contributed by atoms with E-state index >= 15 is 0 Å². The normalized spacial score (nSPS) is 9.94. The van der Waals surface area contributed by atoms with Gasteiger partial charge in [0.25, 0.3) is 0 Å². The fourth-order valence-electron chi connectivity index (χ4n) is 1.21. The molecule has 5 heteroatoms. The van der Waals surface area contributed by atoms with Crippen molar-refractivity contribution in [1.82, 2.24) is 4.98 Å². The van der Waals surface area contributed by atoms with Crippen molar-refractivity contribution in [2.45, 2.75) is 9.92 Å². The summed E-state index contributed by atoms with van der Waals surface area (Å²) in [5.41, 5.74) is 0.413. The molecule has 0 saturated heterocycles. The van der Waals surface area contributed by atoms with Gasteiger partial charge in [0.1, 0.15) is 11.1 Å². The summed E-state index contributed by atoms with van der Waals surface area (Å²) in [6.07, 6.45) is 1.56. The Bertz CT molecular complexity index is 593. The highest BCUT2D eigenvalue weighted by Crippen LogP contribution is 2.36. The van der Waals surface area contributed by atoms with Gasteiger partial charge in [0, 0.05) is 11.1 Å². The maximum Gasteiger partial charge on any atom is 0.121 e. The van der Waals surface area contributed by atoms with E-state index in [-0.39, 0.29) is 0 Å². The monoisotopic (exact) mass is 280 g/mol. The first kappa shape index (κ1) is 12.3. The molecule has 0 spiro atoms. The van der Waals surface area contributed by atoms with Crippen molar-refractivity contribution in [3.8, 4) is 6.07 Å². The molecule has 2 rings (SSSR count). The quantitative estimate of drug-likeness (QED) is 0.818. The van der Waals surface area contributed by atoms with E-state index in [4.69, 9.17) is 28.5 Å². The fourth-order valence-corrected chi connectivity index (χ4v) is 2.57. The van der Waals surface area contributed by atoms with Crippen molar-refractivity contribution in [2.75, 3.05) is 0 Å². The summed E-state index contributed by atoms with van der Waals surface area (Å²) < 4.78 is 0. The molecular weight excluding hydrogens is 275 g/mol. The second-order valence-corrected chi connectivity index (χ2v) is 4.94. The van der Waals surface area contributed by atoms with Crippen LogP contribution in [0.2, 0.25) is 10.0 Å². The van der Waals surface area contributed by atoms with Crippen LogP contribution in [0.4, 0.5) is 0 Å². The van der Waals surface area contributed by atoms with Gasteiger partial charge in [-0.15, -0.1) is 0 Å². The zero-order valence-electron chi connectivity index (χ0n) is 8.52.